The van der Waals surface area contributed by atoms with E-state index in [-0.39, 0.29) is 0 Å². The summed E-state index contributed by atoms with van der Waals surface area (Å²) in [5, 5.41) is 4.06. The van der Waals surface area contributed by atoms with Gasteiger partial charge in [0.05, 0.1) is 6.54 Å². The average molecular weight is 187 g/mol. The van der Waals surface area contributed by atoms with Crippen molar-refractivity contribution in [2.24, 2.45) is 0 Å². The first kappa shape index (κ1) is 6.55. The van der Waals surface area contributed by atoms with Crippen LogP contribution >= 0.6 is 15.9 Å². The van der Waals surface area contributed by atoms with Crippen LogP contribution in [-0.4, -0.2) is 9.78 Å². The molecule has 0 aliphatic heterocycles. The first-order valence-corrected chi connectivity index (χ1v) is 3.42. The van der Waals surface area contributed by atoms with Crippen molar-refractivity contribution in [3.63, 3.8) is 0 Å². The molecule has 0 unspecified atom stereocenters. The number of nitrogens with zero attached hydrogens (tertiary/aromatic N) is 2. The first-order chi connectivity index (χ1) is 4.33. The van der Waals surface area contributed by atoms with Gasteiger partial charge in [0.1, 0.15) is 4.60 Å². The van der Waals surface area contributed by atoms with E-state index in [2.05, 4.69) is 27.6 Å². The van der Waals surface area contributed by atoms with Gasteiger partial charge in [-0.05, 0) is 22.0 Å². The van der Waals surface area contributed by atoms with Crippen LogP contribution in [0.4, 0.5) is 0 Å². The van der Waals surface area contributed by atoms with E-state index in [9.17, 15) is 0 Å². The van der Waals surface area contributed by atoms with E-state index in [1.165, 1.54) is 0 Å². The summed E-state index contributed by atoms with van der Waals surface area (Å²) in [7, 11) is 0. The minimum atomic E-state index is 0.769. The van der Waals surface area contributed by atoms with Crippen molar-refractivity contribution >= 4 is 15.9 Å². The fourth-order valence-electron chi connectivity index (χ4n) is 0.571. The van der Waals surface area contributed by atoms with Crippen LogP contribution < -0.4 is 0 Å². The molecular formula is C6H7BrN2. The molecule has 0 amide bonds. The lowest BCUT2D eigenvalue weighted by molar-refractivity contribution is 0.697. The molecule has 0 saturated carbocycles. The highest BCUT2D eigenvalue weighted by atomic mass is 79.9. The van der Waals surface area contributed by atoms with Gasteiger partial charge in [0, 0.05) is 6.20 Å². The summed E-state index contributed by atoms with van der Waals surface area (Å²) in [5.74, 6) is 0. The number of hydrogen-bond acceptors (Lipinski definition) is 1. The monoisotopic (exact) mass is 186 g/mol. The van der Waals surface area contributed by atoms with Gasteiger partial charge < -0.3 is 0 Å². The molecule has 0 fully saturated rings. The topological polar surface area (TPSA) is 17.8 Å². The average Bonchev–Trinajstić information content (AvgIpc) is 2.17. The molecule has 0 atom stereocenters. The minimum Gasteiger partial charge on any atom is -0.268 e. The molecule has 1 aromatic rings. The summed E-state index contributed by atoms with van der Waals surface area (Å²) in [6, 6.07) is 1.89. The van der Waals surface area contributed by atoms with E-state index in [1.807, 2.05) is 12.3 Å². The van der Waals surface area contributed by atoms with E-state index >= 15 is 0 Å². The van der Waals surface area contributed by atoms with Gasteiger partial charge in [0.2, 0.25) is 0 Å². The summed E-state index contributed by atoms with van der Waals surface area (Å²) < 4.78 is 2.67. The molecule has 0 radical (unpaired) electrons. The standard InChI is InChI=1S/C6H7BrN2/c1-2-4-9-5-3-6(7)8-9/h2-3,5H,1,4H2. The molecule has 48 valence electrons. The predicted molar refractivity (Wildman–Crippen MR) is 40.1 cm³/mol. The van der Waals surface area contributed by atoms with Gasteiger partial charge in [-0.2, -0.15) is 5.10 Å². The van der Waals surface area contributed by atoms with E-state index in [0.717, 1.165) is 11.1 Å². The van der Waals surface area contributed by atoms with Crippen molar-refractivity contribution in [3.8, 4) is 0 Å². The Morgan fingerprint density at radius 1 is 1.89 bits per heavy atom. The van der Waals surface area contributed by atoms with Crippen LogP contribution in [0, 0.1) is 0 Å². The molecule has 0 spiro atoms. The van der Waals surface area contributed by atoms with Crippen LogP contribution in [-0.2, 0) is 6.54 Å². The highest BCUT2D eigenvalue weighted by Gasteiger charge is 1.89. The Bertz CT molecular complexity index is 205. The maximum absolute atomic E-state index is 4.06. The van der Waals surface area contributed by atoms with Crippen molar-refractivity contribution in [1.29, 1.82) is 0 Å². The maximum atomic E-state index is 4.06. The summed E-state index contributed by atoms with van der Waals surface area (Å²) in [4.78, 5) is 0. The normalized spacial score (nSPS) is 9.44. The van der Waals surface area contributed by atoms with Crippen LogP contribution in [0.25, 0.3) is 0 Å². The lowest BCUT2D eigenvalue weighted by atomic mass is 10.6. The Labute approximate surface area is 62.3 Å². The smallest absolute Gasteiger partial charge is 0.128 e. The zero-order valence-electron chi connectivity index (χ0n) is 4.92. The van der Waals surface area contributed by atoms with Crippen LogP contribution in [0.1, 0.15) is 0 Å². The van der Waals surface area contributed by atoms with Crippen LogP contribution in [0.15, 0.2) is 29.5 Å². The number of rotatable bonds is 2. The summed E-state index contributed by atoms with van der Waals surface area (Å²) >= 11 is 3.24. The summed E-state index contributed by atoms with van der Waals surface area (Å²) in [5.41, 5.74) is 0. The van der Waals surface area contributed by atoms with Crippen molar-refractivity contribution in [2.45, 2.75) is 6.54 Å². The van der Waals surface area contributed by atoms with Crippen LogP contribution in [0.3, 0.4) is 0 Å². The van der Waals surface area contributed by atoms with Crippen LogP contribution in [0.5, 0.6) is 0 Å². The summed E-state index contributed by atoms with van der Waals surface area (Å²) in [6.07, 6.45) is 3.70. The zero-order chi connectivity index (χ0) is 6.69. The number of hydrogen-bond donors (Lipinski definition) is 0. The van der Waals surface area contributed by atoms with Gasteiger partial charge in [-0.15, -0.1) is 6.58 Å². The van der Waals surface area contributed by atoms with Crippen molar-refractivity contribution in [1.82, 2.24) is 9.78 Å². The molecule has 0 aromatic carbocycles. The second-order valence-electron chi connectivity index (χ2n) is 1.65. The molecule has 0 saturated heterocycles. The van der Waals surface area contributed by atoms with E-state index in [4.69, 9.17) is 0 Å². The fourth-order valence-corrected chi connectivity index (χ4v) is 0.893. The highest BCUT2D eigenvalue weighted by Crippen LogP contribution is 2.03. The van der Waals surface area contributed by atoms with Crippen molar-refractivity contribution in [2.75, 3.05) is 0 Å². The first-order valence-electron chi connectivity index (χ1n) is 2.63. The molecule has 2 nitrogen and oxygen atoms in total. The predicted octanol–water partition coefficient (Wildman–Crippen LogP) is 1.83. The van der Waals surface area contributed by atoms with Crippen molar-refractivity contribution < 1.29 is 0 Å². The maximum Gasteiger partial charge on any atom is 0.128 e. The number of aromatic nitrogens is 2. The number of halogens is 1. The van der Waals surface area contributed by atoms with Gasteiger partial charge in [-0.3, -0.25) is 4.68 Å². The minimum absolute atomic E-state index is 0.769. The SMILES string of the molecule is C=CCn1ccc(Br)n1. The van der Waals surface area contributed by atoms with E-state index in [1.54, 1.807) is 10.8 Å². The highest BCUT2D eigenvalue weighted by molar-refractivity contribution is 9.10. The van der Waals surface area contributed by atoms with Gasteiger partial charge >= 0.3 is 0 Å². The molecule has 1 rings (SSSR count). The van der Waals surface area contributed by atoms with Gasteiger partial charge in [-0.25, -0.2) is 0 Å². The fraction of sp³-hybridized carbons (Fsp3) is 0.167. The van der Waals surface area contributed by atoms with Crippen molar-refractivity contribution in [3.05, 3.63) is 29.5 Å². The van der Waals surface area contributed by atoms with E-state index < -0.39 is 0 Å². The van der Waals surface area contributed by atoms with E-state index in [0.29, 0.717) is 0 Å². The zero-order valence-corrected chi connectivity index (χ0v) is 6.50. The van der Waals surface area contributed by atoms with Gasteiger partial charge in [0.25, 0.3) is 0 Å². The molecule has 0 aliphatic rings. The molecule has 1 heterocycles. The third-order valence-electron chi connectivity index (χ3n) is 0.924. The lowest BCUT2D eigenvalue weighted by Crippen LogP contribution is -1.93. The molecule has 0 aliphatic carbocycles. The molecule has 1 aromatic heterocycles. The molecule has 3 heteroatoms. The second kappa shape index (κ2) is 2.82. The Morgan fingerprint density at radius 3 is 3.11 bits per heavy atom. The molecule has 0 bridgehead atoms. The largest absolute Gasteiger partial charge is 0.268 e. The Balaban J connectivity index is 2.72. The van der Waals surface area contributed by atoms with Gasteiger partial charge in [-0.1, -0.05) is 6.08 Å². The Hall–Kier alpha value is -0.570. The quantitative estimate of drug-likeness (QED) is 0.645. The third-order valence-corrected chi connectivity index (χ3v) is 1.35. The lowest BCUT2D eigenvalue weighted by Gasteiger charge is -1.90. The Kier molecular flexibility index (Phi) is 2.05. The molecular weight excluding hydrogens is 180 g/mol. The molecule has 9 heavy (non-hydrogen) atoms. The molecule has 0 N–H and O–H groups in total. The Morgan fingerprint density at radius 2 is 2.67 bits per heavy atom. The van der Waals surface area contributed by atoms with Gasteiger partial charge in [0.15, 0.2) is 0 Å². The second-order valence-corrected chi connectivity index (χ2v) is 2.46. The third kappa shape index (κ3) is 1.68. The number of allylic oxidation sites excluding steroid dienone is 1. The van der Waals surface area contributed by atoms with Crippen LogP contribution in [0.2, 0.25) is 0 Å². The summed E-state index contributed by atoms with van der Waals surface area (Å²) in [6.45, 7) is 4.36.